The number of halogens is 7. The van der Waals surface area contributed by atoms with Gasteiger partial charge in [0, 0.05) is 11.8 Å². The molecule has 0 saturated carbocycles. The number of imidazole rings is 1. The lowest BCUT2D eigenvalue weighted by Gasteiger charge is -2.09. The summed E-state index contributed by atoms with van der Waals surface area (Å²) in [5.41, 5.74) is -6.84. The number of benzene rings is 1. The number of aromatic amines is 1. The van der Waals surface area contributed by atoms with E-state index in [9.17, 15) is 39.2 Å². The molecule has 0 amide bonds. The van der Waals surface area contributed by atoms with E-state index in [1.165, 1.54) is 0 Å². The van der Waals surface area contributed by atoms with Crippen LogP contribution in [0.15, 0.2) is 30.5 Å². The highest BCUT2D eigenvalue weighted by atomic mass is 32.2. The van der Waals surface area contributed by atoms with Crippen molar-refractivity contribution in [2.24, 2.45) is 0 Å². The van der Waals surface area contributed by atoms with Crippen molar-refractivity contribution in [3.63, 3.8) is 0 Å². The molecule has 1 N–H and O–H groups in total. The fraction of sp³-hybridized carbons (Fsp3) is 0.143. The van der Waals surface area contributed by atoms with Crippen LogP contribution >= 0.6 is 0 Å². The Bertz CT molecular complexity index is 1150. The average Bonchev–Trinajstić information content (AvgIpc) is 2.97. The van der Waals surface area contributed by atoms with Crippen molar-refractivity contribution in [1.82, 2.24) is 15.0 Å². The molecule has 2 heterocycles. The van der Waals surface area contributed by atoms with E-state index in [0.29, 0.717) is 6.07 Å². The normalized spacial score (nSPS) is 13.1. The van der Waals surface area contributed by atoms with Crippen LogP contribution in [0.2, 0.25) is 0 Å². The number of aromatic nitrogens is 3. The maximum Gasteiger partial charge on any atom is 0.534 e. The fourth-order valence-electron chi connectivity index (χ4n) is 2.09. The van der Waals surface area contributed by atoms with Crippen LogP contribution < -0.4 is 4.18 Å². The summed E-state index contributed by atoms with van der Waals surface area (Å²) in [6.45, 7) is 0. The molecule has 0 aliphatic heterocycles. The second-order valence-electron chi connectivity index (χ2n) is 5.31. The minimum absolute atomic E-state index is 0.0368. The average molecular weight is 429 g/mol. The van der Waals surface area contributed by atoms with Gasteiger partial charge in [0.2, 0.25) is 0 Å². The van der Waals surface area contributed by atoms with E-state index in [2.05, 4.69) is 19.1 Å². The van der Waals surface area contributed by atoms with Crippen LogP contribution in [0.25, 0.3) is 22.4 Å². The Hall–Kier alpha value is -2.90. The van der Waals surface area contributed by atoms with E-state index in [-0.39, 0.29) is 22.4 Å². The lowest BCUT2D eigenvalue weighted by Crippen LogP contribution is -2.28. The predicted molar refractivity (Wildman–Crippen MR) is 79.9 cm³/mol. The van der Waals surface area contributed by atoms with Crippen molar-refractivity contribution in [1.29, 1.82) is 0 Å². The van der Waals surface area contributed by atoms with E-state index < -0.39 is 39.1 Å². The van der Waals surface area contributed by atoms with Crippen LogP contribution in [-0.2, 0) is 16.3 Å². The van der Waals surface area contributed by atoms with Gasteiger partial charge in [0.15, 0.2) is 5.82 Å². The lowest BCUT2D eigenvalue weighted by molar-refractivity contribution is -0.137. The Kier molecular flexibility index (Phi) is 4.48. The second kappa shape index (κ2) is 6.32. The van der Waals surface area contributed by atoms with Gasteiger partial charge < -0.3 is 9.17 Å². The van der Waals surface area contributed by atoms with Crippen LogP contribution in [0.1, 0.15) is 5.56 Å². The summed E-state index contributed by atoms with van der Waals surface area (Å²) < 4.78 is 114. The van der Waals surface area contributed by atoms with Crippen LogP contribution in [0.5, 0.6) is 5.88 Å². The zero-order valence-corrected chi connectivity index (χ0v) is 13.9. The van der Waals surface area contributed by atoms with Crippen molar-refractivity contribution in [2.45, 2.75) is 11.7 Å². The molecule has 6 nitrogen and oxygen atoms in total. The Morgan fingerprint density at radius 3 is 2.29 bits per heavy atom. The van der Waals surface area contributed by atoms with Gasteiger partial charge in [-0.1, -0.05) is 0 Å². The minimum Gasteiger partial charge on any atom is -0.352 e. The summed E-state index contributed by atoms with van der Waals surface area (Å²) in [7, 11) is -6.12. The maximum atomic E-state index is 13.9. The van der Waals surface area contributed by atoms with Crippen molar-refractivity contribution >= 4 is 21.2 Å². The number of pyridine rings is 1. The minimum atomic E-state index is -6.12. The van der Waals surface area contributed by atoms with E-state index in [4.69, 9.17) is 0 Å². The SMILES string of the molecule is O=S(=O)(Oc1ncc(-c2nc3ccc(C(F)(F)F)cc3[nH]2)cc1F)C(F)(F)F. The highest BCUT2D eigenvalue weighted by Gasteiger charge is 2.49. The Labute approximate surface area is 151 Å². The molecule has 150 valence electrons. The molecule has 0 aliphatic rings. The summed E-state index contributed by atoms with van der Waals surface area (Å²) in [5, 5.41) is 0. The standard InChI is InChI=1S/C14H6F7N3O3S/c15-8-3-6(5-22-12(8)27-28(25,26)14(19,20)21)11-23-9-2-1-7(13(16,17)18)4-10(9)24-11/h1-5H,(H,23,24). The molecular formula is C14H6F7N3O3S. The van der Waals surface area contributed by atoms with Gasteiger partial charge in [0.1, 0.15) is 5.82 Å². The molecule has 0 unspecified atom stereocenters. The monoisotopic (exact) mass is 429 g/mol. The van der Waals surface area contributed by atoms with Gasteiger partial charge in [-0.2, -0.15) is 34.8 Å². The first-order chi connectivity index (χ1) is 12.8. The van der Waals surface area contributed by atoms with E-state index in [1.807, 2.05) is 0 Å². The number of hydrogen-bond acceptors (Lipinski definition) is 5. The van der Waals surface area contributed by atoms with Crippen molar-refractivity contribution in [3.8, 4) is 17.3 Å². The number of nitrogens with one attached hydrogen (secondary N) is 1. The van der Waals surface area contributed by atoms with Gasteiger partial charge in [0.25, 0.3) is 5.88 Å². The van der Waals surface area contributed by atoms with Crippen LogP contribution in [0, 0.1) is 5.82 Å². The molecule has 0 fully saturated rings. The van der Waals surface area contributed by atoms with E-state index >= 15 is 0 Å². The number of rotatable bonds is 3. The third kappa shape index (κ3) is 3.72. The lowest BCUT2D eigenvalue weighted by atomic mass is 10.2. The number of alkyl halides is 6. The molecule has 14 heteroatoms. The van der Waals surface area contributed by atoms with Gasteiger partial charge in [-0.3, -0.25) is 0 Å². The zero-order valence-electron chi connectivity index (χ0n) is 13.1. The van der Waals surface area contributed by atoms with Crippen LogP contribution in [0.4, 0.5) is 30.7 Å². The van der Waals surface area contributed by atoms with Gasteiger partial charge >= 0.3 is 21.8 Å². The number of H-pyrrole nitrogens is 1. The van der Waals surface area contributed by atoms with Crippen molar-refractivity contribution in [3.05, 3.63) is 41.8 Å². The Balaban J connectivity index is 1.96. The van der Waals surface area contributed by atoms with Crippen molar-refractivity contribution < 1.29 is 43.3 Å². The molecule has 28 heavy (non-hydrogen) atoms. The molecular weight excluding hydrogens is 423 g/mol. The molecule has 0 spiro atoms. The third-order valence-electron chi connectivity index (χ3n) is 3.36. The third-order valence-corrected chi connectivity index (χ3v) is 4.31. The highest BCUT2D eigenvalue weighted by molar-refractivity contribution is 7.87. The largest absolute Gasteiger partial charge is 0.534 e. The smallest absolute Gasteiger partial charge is 0.352 e. The number of nitrogens with zero attached hydrogens (tertiary/aromatic N) is 2. The predicted octanol–water partition coefficient (Wildman–Crippen LogP) is 4.01. The number of hydrogen-bond donors (Lipinski definition) is 1. The summed E-state index contributed by atoms with van der Waals surface area (Å²) in [6, 6.07) is 3.18. The second-order valence-corrected chi connectivity index (χ2v) is 6.85. The van der Waals surface area contributed by atoms with Gasteiger partial charge in [0.05, 0.1) is 16.6 Å². The molecule has 0 aliphatic carbocycles. The maximum absolute atomic E-state index is 13.9. The van der Waals surface area contributed by atoms with E-state index in [1.54, 1.807) is 0 Å². The van der Waals surface area contributed by atoms with Crippen LogP contribution in [0.3, 0.4) is 0 Å². The van der Waals surface area contributed by atoms with Crippen LogP contribution in [-0.4, -0.2) is 28.9 Å². The molecule has 0 radical (unpaired) electrons. The Morgan fingerprint density at radius 1 is 1.04 bits per heavy atom. The molecule has 0 bridgehead atoms. The number of fused-ring (bicyclic) bond motifs is 1. The van der Waals surface area contributed by atoms with Gasteiger partial charge in [-0.05, 0) is 24.3 Å². The molecule has 1 aromatic carbocycles. The summed E-state index contributed by atoms with van der Waals surface area (Å²) >= 11 is 0. The fourth-order valence-corrected chi connectivity index (χ4v) is 2.51. The molecule has 3 aromatic rings. The quantitative estimate of drug-likeness (QED) is 0.386. The highest BCUT2D eigenvalue weighted by Crippen LogP contribution is 2.32. The summed E-state index contributed by atoms with van der Waals surface area (Å²) in [5.74, 6) is -3.15. The molecule has 2 aromatic heterocycles. The topological polar surface area (TPSA) is 84.9 Å². The first-order valence-corrected chi connectivity index (χ1v) is 8.42. The molecule has 0 saturated heterocycles. The van der Waals surface area contributed by atoms with E-state index in [0.717, 1.165) is 24.4 Å². The summed E-state index contributed by atoms with van der Waals surface area (Å²) in [4.78, 5) is 9.57. The first-order valence-electron chi connectivity index (χ1n) is 7.01. The zero-order chi connectivity index (χ0) is 20.9. The van der Waals surface area contributed by atoms with Crippen molar-refractivity contribution in [2.75, 3.05) is 0 Å². The summed E-state index contributed by atoms with van der Waals surface area (Å²) in [6.07, 6.45) is -3.86. The first kappa shape index (κ1) is 19.9. The Morgan fingerprint density at radius 2 is 1.71 bits per heavy atom. The van der Waals surface area contributed by atoms with Gasteiger partial charge in [-0.25, -0.2) is 14.4 Å². The van der Waals surface area contributed by atoms with Gasteiger partial charge in [-0.15, -0.1) is 0 Å². The molecule has 3 rings (SSSR count). The molecule has 0 atom stereocenters.